The molecule has 3 aromatic carbocycles. The van der Waals surface area contributed by atoms with E-state index in [1.165, 1.54) is 0 Å². The minimum atomic E-state index is -4.47. The fourth-order valence-electron chi connectivity index (χ4n) is 2.99. The number of hydrogen-bond acceptors (Lipinski definition) is 5. The van der Waals surface area contributed by atoms with Crippen molar-refractivity contribution in [1.82, 2.24) is 10.2 Å². The van der Waals surface area contributed by atoms with Gasteiger partial charge in [-0.1, -0.05) is 18.2 Å². The zero-order valence-electron chi connectivity index (χ0n) is 16.7. The van der Waals surface area contributed by atoms with Crippen LogP contribution in [-0.4, -0.2) is 23.2 Å². The van der Waals surface area contributed by atoms with Gasteiger partial charge < -0.3 is 14.5 Å². The first kappa shape index (κ1) is 21.1. The van der Waals surface area contributed by atoms with Crippen LogP contribution in [0.5, 0.6) is 5.75 Å². The Morgan fingerprint density at radius 2 is 1.66 bits per heavy atom. The Morgan fingerprint density at radius 3 is 2.38 bits per heavy atom. The molecule has 0 bridgehead atoms. The number of halogens is 3. The molecule has 1 amide bonds. The molecule has 0 unspecified atom stereocenters. The number of hydrogen-bond donors (Lipinski definition) is 1. The molecule has 0 aliphatic heterocycles. The van der Waals surface area contributed by atoms with E-state index in [1.54, 1.807) is 55.6 Å². The van der Waals surface area contributed by atoms with Crippen molar-refractivity contribution >= 4 is 11.6 Å². The molecule has 0 saturated carbocycles. The third-order valence-electron chi connectivity index (χ3n) is 4.62. The molecule has 0 atom stereocenters. The van der Waals surface area contributed by atoms with Crippen molar-refractivity contribution in [1.29, 1.82) is 0 Å². The van der Waals surface area contributed by atoms with Crippen molar-refractivity contribution < 1.29 is 27.1 Å². The summed E-state index contributed by atoms with van der Waals surface area (Å²) in [6.45, 7) is 0. The third-order valence-corrected chi connectivity index (χ3v) is 4.62. The molecule has 0 radical (unpaired) electrons. The van der Waals surface area contributed by atoms with E-state index >= 15 is 0 Å². The van der Waals surface area contributed by atoms with Crippen LogP contribution in [0.2, 0.25) is 0 Å². The van der Waals surface area contributed by atoms with Gasteiger partial charge in [0, 0.05) is 11.1 Å². The number of aromatic nitrogens is 2. The summed E-state index contributed by atoms with van der Waals surface area (Å²) in [5.74, 6) is 0.499. The van der Waals surface area contributed by atoms with E-state index in [2.05, 4.69) is 15.5 Å². The Kier molecular flexibility index (Phi) is 5.63. The Hall–Kier alpha value is -4.14. The average Bonchev–Trinajstić information content (AvgIpc) is 3.29. The Bertz CT molecular complexity index is 1250. The average molecular weight is 439 g/mol. The van der Waals surface area contributed by atoms with Crippen LogP contribution in [0.25, 0.3) is 22.9 Å². The predicted molar refractivity (Wildman–Crippen MR) is 111 cm³/mol. The van der Waals surface area contributed by atoms with Gasteiger partial charge in [-0.3, -0.25) is 4.79 Å². The van der Waals surface area contributed by atoms with Gasteiger partial charge in [0.05, 0.1) is 23.9 Å². The van der Waals surface area contributed by atoms with Crippen LogP contribution in [-0.2, 0) is 6.18 Å². The second-order valence-electron chi connectivity index (χ2n) is 6.72. The largest absolute Gasteiger partial charge is 0.497 e. The van der Waals surface area contributed by atoms with E-state index in [0.717, 1.165) is 24.3 Å². The molecule has 6 nitrogen and oxygen atoms in total. The minimum absolute atomic E-state index is 0.0791. The molecule has 4 aromatic rings. The number of benzene rings is 3. The first-order chi connectivity index (χ1) is 15.3. The normalized spacial score (nSPS) is 11.2. The van der Waals surface area contributed by atoms with Crippen LogP contribution >= 0.6 is 0 Å². The van der Waals surface area contributed by atoms with Gasteiger partial charge in [-0.25, -0.2) is 0 Å². The summed E-state index contributed by atoms with van der Waals surface area (Å²) in [5.41, 5.74) is 0.753. The highest BCUT2D eigenvalue weighted by Gasteiger charge is 2.30. The summed E-state index contributed by atoms with van der Waals surface area (Å²) >= 11 is 0. The smallest absolute Gasteiger partial charge is 0.416 e. The molecule has 32 heavy (non-hydrogen) atoms. The number of carbonyl (C=O) groups excluding carboxylic acids is 1. The number of ether oxygens (including phenoxy) is 1. The van der Waals surface area contributed by atoms with Gasteiger partial charge in [-0.2, -0.15) is 13.2 Å². The van der Waals surface area contributed by atoms with E-state index in [-0.39, 0.29) is 17.3 Å². The molecule has 1 heterocycles. The van der Waals surface area contributed by atoms with Gasteiger partial charge in [0.1, 0.15) is 5.75 Å². The fraction of sp³-hybridized carbons (Fsp3) is 0.0870. The molecule has 1 aromatic heterocycles. The van der Waals surface area contributed by atoms with Crippen molar-refractivity contribution in [3.8, 4) is 28.7 Å². The second kappa shape index (κ2) is 8.54. The van der Waals surface area contributed by atoms with Crippen molar-refractivity contribution in [3.05, 3.63) is 83.9 Å². The lowest BCUT2D eigenvalue weighted by Gasteiger charge is -2.10. The summed E-state index contributed by atoms with van der Waals surface area (Å²) in [6.07, 6.45) is -4.47. The molecule has 1 N–H and O–H groups in total. The van der Waals surface area contributed by atoms with E-state index in [0.29, 0.717) is 22.6 Å². The lowest BCUT2D eigenvalue weighted by molar-refractivity contribution is -0.137. The first-order valence-corrected chi connectivity index (χ1v) is 9.41. The van der Waals surface area contributed by atoms with Gasteiger partial charge in [-0.15, -0.1) is 10.2 Å². The number of anilines is 1. The highest BCUT2D eigenvalue weighted by Crippen LogP contribution is 2.31. The maximum Gasteiger partial charge on any atom is 0.416 e. The van der Waals surface area contributed by atoms with Crippen molar-refractivity contribution in [2.75, 3.05) is 12.4 Å². The minimum Gasteiger partial charge on any atom is -0.497 e. The van der Waals surface area contributed by atoms with Crippen LogP contribution in [0.3, 0.4) is 0 Å². The topological polar surface area (TPSA) is 77.3 Å². The molecular formula is C23H16F3N3O3. The Balaban J connectivity index is 1.58. The molecule has 0 aliphatic carbocycles. The first-order valence-electron chi connectivity index (χ1n) is 9.41. The highest BCUT2D eigenvalue weighted by molar-refractivity contribution is 6.06. The maximum absolute atomic E-state index is 12.7. The molecule has 0 aliphatic rings. The van der Waals surface area contributed by atoms with Crippen LogP contribution in [0.4, 0.5) is 18.9 Å². The lowest BCUT2D eigenvalue weighted by atomic mass is 10.1. The van der Waals surface area contributed by atoms with Crippen LogP contribution in [0, 0.1) is 0 Å². The summed E-state index contributed by atoms with van der Waals surface area (Å²) in [6, 6.07) is 17.8. The Morgan fingerprint density at radius 1 is 0.938 bits per heavy atom. The van der Waals surface area contributed by atoms with Crippen LogP contribution in [0.1, 0.15) is 15.9 Å². The number of nitrogens with zero attached hydrogens (tertiary/aromatic N) is 2. The second-order valence-corrected chi connectivity index (χ2v) is 6.72. The van der Waals surface area contributed by atoms with E-state index in [9.17, 15) is 18.0 Å². The number of para-hydroxylation sites is 1. The summed E-state index contributed by atoms with van der Waals surface area (Å²) < 4.78 is 49.2. The van der Waals surface area contributed by atoms with E-state index in [1.807, 2.05) is 0 Å². The zero-order valence-corrected chi connectivity index (χ0v) is 16.7. The number of alkyl halides is 3. The van der Waals surface area contributed by atoms with Crippen molar-refractivity contribution in [2.24, 2.45) is 0 Å². The third kappa shape index (κ3) is 4.46. The summed E-state index contributed by atoms with van der Waals surface area (Å²) in [7, 11) is 1.55. The zero-order chi connectivity index (χ0) is 22.7. The van der Waals surface area contributed by atoms with Crippen molar-refractivity contribution in [3.63, 3.8) is 0 Å². The number of methoxy groups -OCH3 is 1. The van der Waals surface area contributed by atoms with Crippen LogP contribution in [0.15, 0.2) is 77.2 Å². The molecular weight excluding hydrogens is 423 g/mol. The van der Waals surface area contributed by atoms with Gasteiger partial charge in [0.15, 0.2) is 0 Å². The lowest BCUT2D eigenvalue weighted by Crippen LogP contribution is -2.13. The molecule has 0 saturated heterocycles. The quantitative estimate of drug-likeness (QED) is 0.433. The molecule has 9 heteroatoms. The maximum atomic E-state index is 12.7. The van der Waals surface area contributed by atoms with E-state index < -0.39 is 17.6 Å². The molecule has 0 fully saturated rings. The monoisotopic (exact) mass is 439 g/mol. The SMILES string of the molecule is COc1cccc(-c2nnc(-c3ccccc3NC(=O)c3ccc(C(F)(F)F)cc3)o2)c1. The standard InChI is InChI=1S/C23H16F3N3O3/c1-31-17-6-4-5-15(13-17)21-28-29-22(32-21)18-7-2-3-8-19(18)27-20(30)14-9-11-16(12-10-14)23(24,25)26/h2-13H,1H3,(H,27,30). The number of amides is 1. The number of rotatable bonds is 5. The van der Waals surface area contributed by atoms with E-state index in [4.69, 9.17) is 9.15 Å². The predicted octanol–water partition coefficient (Wildman–Crippen LogP) is 5.68. The Labute approximate surface area is 180 Å². The molecule has 0 spiro atoms. The number of nitrogens with one attached hydrogen (secondary N) is 1. The van der Waals surface area contributed by atoms with Gasteiger partial charge in [-0.05, 0) is 54.6 Å². The summed E-state index contributed by atoms with van der Waals surface area (Å²) in [5, 5.41) is 10.8. The van der Waals surface area contributed by atoms with Gasteiger partial charge >= 0.3 is 6.18 Å². The molecule has 162 valence electrons. The van der Waals surface area contributed by atoms with Gasteiger partial charge in [0.25, 0.3) is 5.91 Å². The number of carbonyl (C=O) groups is 1. The van der Waals surface area contributed by atoms with Crippen LogP contribution < -0.4 is 10.1 Å². The molecule has 4 rings (SSSR count). The van der Waals surface area contributed by atoms with Gasteiger partial charge in [0.2, 0.25) is 11.8 Å². The summed E-state index contributed by atoms with van der Waals surface area (Å²) in [4.78, 5) is 12.6. The fourth-order valence-corrected chi connectivity index (χ4v) is 2.99. The van der Waals surface area contributed by atoms with Crippen molar-refractivity contribution in [2.45, 2.75) is 6.18 Å². The highest BCUT2D eigenvalue weighted by atomic mass is 19.4.